The van der Waals surface area contributed by atoms with Crippen molar-refractivity contribution in [2.45, 2.75) is 29.2 Å². The molecule has 144 valence electrons. The van der Waals surface area contributed by atoms with Gasteiger partial charge in [0.2, 0.25) is 10.0 Å². The Bertz CT molecular complexity index is 942. The Morgan fingerprint density at radius 2 is 1.93 bits per heavy atom. The summed E-state index contributed by atoms with van der Waals surface area (Å²) < 4.78 is 28.0. The summed E-state index contributed by atoms with van der Waals surface area (Å²) in [4.78, 5) is 15.5. The molecule has 0 aliphatic carbocycles. The number of amides is 1. The molecule has 1 aliphatic rings. The third kappa shape index (κ3) is 4.85. The second kappa shape index (κ2) is 8.65. The highest BCUT2D eigenvalue weighted by atomic mass is 35.5. The van der Waals surface area contributed by atoms with E-state index in [1.54, 1.807) is 35.2 Å². The Kier molecular flexibility index (Phi) is 6.47. The van der Waals surface area contributed by atoms with Gasteiger partial charge in [-0.2, -0.15) is 0 Å². The van der Waals surface area contributed by atoms with Crippen molar-refractivity contribution in [3.05, 3.63) is 58.6 Å². The molecule has 0 bridgehead atoms. The van der Waals surface area contributed by atoms with E-state index >= 15 is 0 Å². The Morgan fingerprint density at radius 3 is 2.59 bits per heavy atom. The summed E-state index contributed by atoms with van der Waals surface area (Å²) in [6, 6.07) is 11.7. The lowest BCUT2D eigenvalue weighted by Crippen LogP contribution is -2.29. The van der Waals surface area contributed by atoms with Crippen LogP contribution in [0.2, 0.25) is 5.02 Å². The molecule has 27 heavy (non-hydrogen) atoms. The monoisotopic (exact) mass is 424 g/mol. The van der Waals surface area contributed by atoms with Gasteiger partial charge in [0.1, 0.15) is 0 Å². The highest BCUT2D eigenvalue weighted by molar-refractivity contribution is 7.98. The van der Waals surface area contributed by atoms with Crippen molar-refractivity contribution in [3.63, 3.8) is 0 Å². The molecule has 0 atom stereocenters. The second-order valence-corrected chi connectivity index (χ2v) is 9.37. The molecule has 1 heterocycles. The predicted molar refractivity (Wildman–Crippen MR) is 109 cm³/mol. The number of carbonyl (C=O) groups excluding carboxylic acids is 1. The van der Waals surface area contributed by atoms with Crippen LogP contribution in [0.15, 0.2) is 52.3 Å². The van der Waals surface area contributed by atoms with Gasteiger partial charge in [0.05, 0.1) is 10.5 Å². The predicted octanol–water partition coefficient (Wildman–Crippen LogP) is 3.78. The first-order valence-electron chi connectivity index (χ1n) is 8.62. The molecule has 0 saturated carbocycles. The zero-order valence-corrected chi connectivity index (χ0v) is 17.3. The van der Waals surface area contributed by atoms with E-state index in [1.807, 2.05) is 6.26 Å². The fourth-order valence-corrected chi connectivity index (χ4v) is 4.85. The molecule has 0 aromatic heterocycles. The number of hydrogen-bond donors (Lipinski definition) is 1. The van der Waals surface area contributed by atoms with Gasteiger partial charge < -0.3 is 4.90 Å². The topological polar surface area (TPSA) is 66.5 Å². The van der Waals surface area contributed by atoms with Crippen molar-refractivity contribution in [1.29, 1.82) is 0 Å². The molecule has 1 aliphatic heterocycles. The van der Waals surface area contributed by atoms with Gasteiger partial charge >= 0.3 is 0 Å². The number of halogens is 1. The molecule has 1 saturated heterocycles. The molecule has 5 nitrogen and oxygen atoms in total. The number of rotatable bonds is 6. The first-order chi connectivity index (χ1) is 12.9. The van der Waals surface area contributed by atoms with Crippen molar-refractivity contribution in [2.24, 2.45) is 0 Å². The van der Waals surface area contributed by atoms with Crippen LogP contribution in [-0.4, -0.2) is 38.6 Å². The number of nitrogens with one attached hydrogen (secondary N) is 1. The minimum atomic E-state index is -3.75. The fraction of sp³-hybridized carbons (Fsp3) is 0.316. The minimum Gasteiger partial charge on any atom is -0.339 e. The van der Waals surface area contributed by atoms with Crippen LogP contribution in [0, 0.1) is 0 Å². The van der Waals surface area contributed by atoms with Gasteiger partial charge in [-0.3, -0.25) is 4.79 Å². The van der Waals surface area contributed by atoms with Crippen LogP contribution in [0.4, 0.5) is 0 Å². The van der Waals surface area contributed by atoms with E-state index in [-0.39, 0.29) is 17.3 Å². The number of carbonyl (C=O) groups is 1. The molecular formula is C19H21ClN2O3S2. The average molecular weight is 425 g/mol. The average Bonchev–Trinajstić information content (AvgIpc) is 3.20. The molecule has 1 fully saturated rings. The van der Waals surface area contributed by atoms with Gasteiger partial charge in [-0.15, -0.1) is 11.8 Å². The highest BCUT2D eigenvalue weighted by Crippen LogP contribution is 2.26. The van der Waals surface area contributed by atoms with Gasteiger partial charge in [0, 0.05) is 29.6 Å². The molecule has 0 spiro atoms. The SMILES string of the molecule is CSc1ccc(S(=O)(=O)NCc2cccc(Cl)c2)cc1C(=O)N1CCCC1. The third-order valence-electron chi connectivity index (χ3n) is 4.46. The number of nitrogens with zero attached hydrogens (tertiary/aromatic N) is 1. The Labute approximate surface area is 169 Å². The van der Waals surface area contributed by atoms with E-state index in [0.29, 0.717) is 10.6 Å². The molecule has 0 unspecified atom stereocenters. The maximum absolute atomic E-state index is 12.8. The maximum Gasteiger partial charge on any atom is 0.255 e. The van der Waals surface area contributed by atoms with E-state index in [9.17, 15) is 13.2 Å². The number of hydrogen-bond acceptors (Lipinski definition) is 4. The van der Waals surface area contributed by atoms with Crippen LogP contribution < -0.4 is 4.72 Å². The Balaban J connectivity index is 1.84. The molecule has 3 rings (SSSR count). The first kappa shape index (κ1) is 20.2. The summed E-state index contributed by atoms with van der Waals surface area (Å²) in [7, 11) is -3.75. The zero-order chi connectivity index (χ0) is 19.4. The number of benzene rings is 2. The summed E-state index contributed by atoms with van der Waals surface area (Å²) >= 11 is 7.38. The largest absolute Gasteiger partial charge is 0.339 e. The lowest BCUT2D eigenvalue weighted by atomic mass is 10.2. The van der Waals surface area contributed by atoms with Gasteiger partial charge in [-0.05, 0) is 55.0 Å². The molecule has 1 N–H and O–H groups in total. The number of sulfonamides is 1. The second-order valence-electron chi connectivity index (χ2n) is 6.32. The summed E-state index contributed by atoms with van der Waals surface area (Å²) in [5.41, 5.74) is 1.20. The summed E-state index contributed by atoms with van der Waals surface area (Å²) in [5, 5.41) is 0.550. The third-order valence-corrected chi connectivity index (χ3v) is 6.89. The van der Waals surface area contributed by atoms with Gasteiger partial charge in [-0.1, -0.05) is 23.7 Å². The highest BCUT2D eigenvalue weighted by Gasteiger charge is 2.24. The molecule has 1 amide bonds. The summed E-state index contributed by atoms with van der Waals surface area (Å²) in [5.74, 6) is -0.108. The lowest BCUT2D eigenvalue weighted by Gasteiger charge is -2.18. The van der Waals surface area contributed by atoms with E-state index in [4.69, 9.17) is 11.6 Å². The van der Waals surface area contributed by atoms with Crippen molar-refractivity contribution in [3.8, 4) is 0 Å². The Hall–Kier alpha value is -1.54. The Morgan fingerprint density at radius 1 is 1.19 bits per heavy atom. The molecule has 0 radical (unpaired) electrons. The van der Waals surface area contributed by atoms with Crippen LogP contribution in [0.25, 0.3) is 0 Å². The first-order valence-corrected chi connectivity index (χ1v) is 11.7. The summed E-state index contributed by atoms with van der Waals surface area (Å²) in [6.07, 6.45) is 3.85. The molecular weight excluding hydrogens is 404 g/mol. The fourth-order valence-electron chi connectivity index (χ4n) is 3.02. The molecule has 2 aromatic rings. The van der Waals surface area contributed by atoms with Crippen molar-refractivity contribution < 1.29 is 13.2 Å². The standard InChI is InChI=1S/C19H21ClN2O3S2/c1-26-18-8-7-16(12-17(18)19(23)22-9-2-3-10-22)27(24,25)21-13-14-5-4-6-15(20)11-14/h4-8,11-12,21H,2-3,9-10,13H2,1H3. The van der Waals surface area contributed by atoms with E-state index in [0.717, 1.165) is 36.4 Å². The van der Waals surface area contributed by atoms with Crippen LogP contribution in [-0.2, 0) is 16.6 Å². The van der Waals surface area contributed by atoms with Gasteiger partial charge in [0.25, 0.3) is 5.91 Å². The van der Waals surface area contributed by atoms with Gasteiger partial charge in [-0.25, -0.2) is 13.1 Å². The molecule has 8 heteroatoms. The number of likely N-dealkylation sites (tertiary alicyclic amines) is 1. The minimum absolute atomic E-state index is 0.0878. The van der Waals surface area contributed by atoms with Crippen LogP contribution in [0.1, 0.15) is 28.8 Å². The maximum atomic E-state index is 12.8. The van der Waals surface area contributed by atoms with Crippen molar-refractivity contribution >= 4 is 39.3 Å². The number of thioether (sulfide) groups is 1. The normalized spacial score (nSPS) is 14.5. The van der Waals surface area contributed by atoms with E-state index in [1.165, 1.54) is 23.9 Å². The van der Waals surface area contributed by atoms with Crippen molar-refractivity contribution in [1.82, 2.24) is 9.62 Å². The molecule has 2 aromatic carbocycles. The van der Waals surface area contributed by atoms with Crippen LogP contribution in [0.5, 0.6) is 0 Å². The van der Waals surface area contributed by atoms with Crippen LogP contribution >= 0.6 is 23.4 Å². The van der Waals surface area contributed by atoms with E-state index < -0.39 is 10.0 Å². The summed E-state index contributed by atoms with van der Waals surface area (Å²) in [6.45, 7) is 1.57. The zero-order valence-electron chi connectivity index (χ0n) is 14.9. The van der Waals surface area contributed by atoms with Crippen LogP contribution in [0.3, 0.4) is 0 Å². The van der Waals surface area contributed by atoms with Crippen molar-refractivity contribution in [2.75, 3.05) is 19.3 Å². The smallest absolute Gasteiger partial charge is 0.255 e. The lowest BCUT2D eigenvalue weighted by molar-refractivity contribution is 0.0789. The van der Waals surface area contributed by atoms with Gasteiger partial charge in [0.15, 0.2) is 0 Å². The quantitative estimate of drug-likeness (QED) is 0.716. The van der Waals surface area contributed by atoms with E-state index in [2.05, 4.69) is 4.72 Å².